The molecule has 3 rings (SSSR count). The summed E-state index contributed by atoms with van der Waals surface area (Å²) in [5.74, 6) is -0.242. The molecule has 1 aromatic heterocycles. The van der Waals surface area contributed by atoms with Crippen LogP contribution < -0.4 is 9.46 Å². The lowest BCUT2D eigenvalue weighted by atomic mass is 9.94. The number of imide groups is 1. The molecule has 2 amide bonds. The highest BCUT2D eigenvalue weighted by molar-refractivity contribution is 7.89. The van der Waals surface area contributed by atoms with E-state index in [4.69, 9.17) is 4.74 Å². The van der Waals surface area contributed by atoms with E-state index in [2.05, 4.69) is 9.71 Å². The Balaban J connectivity index is 1.43. The van der Waals surface area contributed by atoms with Gasteiger partial charge in [-0.2, -0.15) is 0 Å². The minimum Gasteiger partial charge on any atom is -0.474 e. The first-order chi connectivity index (χ1) is 12.9. The number of carbonyl (C=O) groups is 2. The average Bonchev–Trinajstić information content (AvgIpc) is 2.63. The van der Waals surface area contributed by atoms with Gasteiger partial charge in [0.2, 0.25) is 27.7 Å². The van der Waals surface area contributed by atoms with Gasteiger partial charge in [-0.1, -0.05) is 6.07 Å². The number of likely N-dealkylation sites (tertiary alicyclic amines) is 1. The van der Waals surface area contributed by atoms with Gasteiger partial charge in [0.05, 0.1) is 5.75 Å². The van der Waals surface area contributed by atoms with Crippen molar-refractivity contribution >= 4 is 21.8 Å². The van der Waals surface area contributed by atoms with Crippen molar-refractivity contribution in [3.05, 3.63) is 24.4 Å². The number of hydrogen-bond donors (Lipinski definition) is 1. The van der Waals surface area contributed by atoms with E-state index >= 15 is 0 Å². The molecule has 0 unspecified atom stereocenters. The van der Waals surface area contributed by atoms with Crippen LogP contribution in [0.3, 0.4) is 0 Å². The van der Waals surface area contributed by atoms with Crippen molar-refractivity contribution in [1.82, 2.24) is 14.6 Å². The normalized spacial score (nSPS) is 24.1. The third-order valence-electron chi connectivity index (χ3n) is 4.91. The number of carbonyl (C=O) groups excluding carboxylic acids is 2. The van der Waals surface area contributed by atoms with Crippen LogP contribution in [-0.2, 0) is 19.6 Å². The van der Waals surface area contributed by atoms with Crippen LogP contribution >= 0.6 is 0 Å². The zero-order valence-corrected chi connectivity index (χ0v) is 16.0. The van der Waals surface area contributed by atoms with Gasteiger partial charge in [0, 0.05) is 37.7 Å². The summed E-state index contributed by atoms with van der Waals surface area (Å²) in [6.07, 6.45) is 5.70. The van der Waals surface area contributed by atoms with Crippen molar-refractivity contribution in [2.45, 2.75) is 57.1 Å². The van der Waals surface area contributed by atoms with Gasteiger partial charge in [0.25, 0.3) is 0 Å². The number of nitrogens with zero attached hydrogens (tertiary/aromatic N) is 2. The molecule has 1 saturated carbocycles. The van der Waals surface area contributed by atoms with Gasteiger partial charge >= 0.3 is 0 Å². The number of nitrogens with one attached hydrogen (secondary N) is 1. The molecular weight excluding hydrogens is 370 g/mol. The van der Waals surface area contributed by atoms with Crippen LogP contribution in [0.5, 0.6) is 5.88 Å². The monoisotopic (exact) mass is 395 g/mol. The van der Waals surface area contributed by atoms with Crippen molar-refractivity contribution in [3.63, 3.8) is 0 Å². The number of piperidine rings is 1. The molecule has 1 N–H and O–H groups in total. The summed E-state index contributed by atoms with van der Waals surface area (Å²) < 4.78 is 33.2. The van der Waals surface area contributed by atoms with E-state index in [0.717, 1.165) is 17.7 Å². The third kappa shape index (κ3) is 5.74. The Hall–Kier alpha value is -2.00. The van der Waals surface area contributed by atoms with Crippen LogP contribution in [0, 0.1) is 0 Å². The molecule has 1 aromatic rings. The molecule has 8 nitrogen and oxygen atoms in total. The number of aromatic nitrogens is 1. The van der Waals surface area contributed by atoms with Crippen LogP contribution in [0.2, 0.25) is 0 Å². The SMILES string of the molecule is O=C1CCCC(=O)N1CCS(=O)(=O)NC1CCC(Oc2ccccn2)CC1. The van der Waals surface area contributed by atoms with Crippen molar-refractivity contribution < 1.29 is 22.7 Å². The Morgan fingerprint density at radius 1 is 1.11 bits per heavy atom. The fourth-order valence-electron chi connectivity index (χ4n) is 3.46. The minimum absolute atomic E-state index is 0.0317. The van der Waals surface area contributed by atoms with Crippen LogP contribution in [0.15, 0.2) is 24.4 Å². The maximum Gasteiger partial charge on any atom is 0.229 e. The van der Waals surface area contributed by atoms with E-state index in [0.29, 0.717) is 38.0 Å². The molecule has 0 atom stereocenters. The summed E-state index contributed by atoms with van der Waals surface area (Å²) in [5, 5.41) is 0. The number of amides is 2. The molecule has 1 aliphatic carbocycles. The molecule has 2 heterocycles. The predicted molar refractivity (Wildman–Crippen MR) is 98.4 cm³/mol. The lowest BCUT2D eigenvalue weighted by molar-refractivity contribution is -0.147. The molecule has 0 spiro atoms. The minimum atomic E-state index is -3.55. The van der Waals surface area contributed by atoms with Crippen molar-refractivity contribution in [3.8, 4) is 5.88 Å². The quantitative estimate of drug-likeness (QED) is 0.696. The van der Waals surface area contributed by atoms with Gasteiger partial charge in [-0.15, -0.1) is 0 Å². The lowest BCUT2D eigenvalue weighted by Gasteiger charge is -2.29. The molecule has 2 fully saturated rings. The fraction of sp³-hybridized carbons (Fsp3) is 0.611. The van der Waals surface area contributed by atoms with E-state index in [-0.39, 0.29) is 36.3 Å². The molecule has 0 radical (unpaired) electrons. The maximum absolute atomic E-state index is 12.3. The highest BCUT2D eigenvalue weighted by atomic mass is 32.2. The second-order valence-corrected chi connectivity index (χ2v) is 8.86. The first-order valence-electron chi connectivity index (χ1n) is 9.34. The number of sulfonamides is 1. The smallest absolute Gasteiger partial charge is 0.229 e. The first kappa shape index (κ1) is 19.8. The highest BCUT2D eigenvalue weighted by Gasteiger charge is 2.29. The summed E-state index contributed by atoms with van der Waals surface area (Å²) in [5.41, 5.74) is 0. The second kappa shape index (κ2) is 8.79. The number of pyridine rings is 1. The van der Waals surface area contributed by atoms with Gasteiger partial charge in [0.15, 0.2) is 0 Å². The Bertz CT molecular complexity index is 744. The first-order valence-corrected chi connectivity index (χ1v) is 11.0. The molecule has 9 heteroatoms. The van der Waals surface area contributed by atoms with Gasteiger partial charge in [0.1, 0.15) is 6.10 Å². The van der Waals surface area contributed by atoms with E-state index in [1.54, 1.807) is 12.3 Å². The molecule has 148 valence electrons. The summed E-state index contributed by atoms with van der Waals surface area (Å²) in [6, 6.07) is 5.34. The Morgan fingerprint density at radius 3 is 2.44 bits per heavy atom. The van der Waals surface area contributed by atoms with E-state index in [9.17, 15) is 18.0 Å². The summed E-state index contributed by atoms with van der Waals surface area (Å²) in [7, 11) is -3.55. The number of rotatable bonds is 7. The fourth-order valence-corrected chi connectivity index (χ4v) is 4.74. The highest BCUT2D eigenvalue weighted by Crippen LogP contribution is 2.23. The van der Waals surface area contributed by atoms with Crippen LogP contribution in [0.4, 0.5) is 0 Å². The van der Waals surface area contributed by atoms with E-state index in [1.807, 2.05) is 12.1 Å². The second-order valence-electron chi connectivity index (χ2n) is 6.99. The van der Waals surface area contributed by atoms with Crippen molar-refractivity contribution in [2.24, 2.45) is 0 Å². The average molecular weight is 395 g/mol. The lowest BCUT2D eigenvalue weighted by Crippen LogP contribution is -2.46. The predicted octanol–water partition coefficient (Wildman–Crippen LogP) is 1.23. The molecule has 0 bridgehead atoms. The third-order valence-corrected chi connectivity index (χ3v) is 6.33. The number of ether oxygens (including phenoxy) is 1. The van der Waals surface area contributed by atoms with Gasteiger partial charge in [-0.3, -0.25) is 14.5 Å². The molecule has 27 heavy (non-hydrogen) atoms. The van der Waals surface area contributed by atoms with Crippen molar-refractivity contribution in [2.75, 3.05) is 12.3 Å². The van der Waals surface area contributed by atoms with Gasteiger partial charge in [-0.25, -0.2) is 18.1 Å². The standard InChI is InChI=1S/C18H25N3O5S/c22-17-5-3-6-18(23)21(17)12-13-27(24,25)20-14-7-9-15(10-8-14)26-16-4-1-2-11-19-16/h1-2,4,11,14-15,20H,3,5-10,12-13H2. The maximum atomic E-state index is 12.3. The Kier molecular flexibility index (Phi) is 6.43. The van der Waals surface area contributed by atoms with Gasteiger partial charge < -0.3 is 4.74 Å². The summed E-state index contributed by atoms with van der Waals surface area (Å²) in [4.78, 5) is 28.7. The van der Waals surface area contributed by atoms with Crippen LogP contribution in [0.1, 0.15) is 44.9 Å². The molecule has 0 aromatic carbocycles. The van der Waals surface area contributed by atoms with Crippen LogP contribution in [-0.4, -0.2) is 54.6 Å². The van der Waals surface area contributed by atoms with Crippen LogP contribution in [0.25, 0.3) is 0 Å². The van der Waals surface area contributed by atoms with E-state index < -0.39 is 10.0 Å². The van der Waals surface area contributed by atoms with E-state index in [1.165, 1.54) is 0 Å². The topological polar surface area (TPSA) is 106 Å². The summed E-state index contributed by atoms with van der Waals surface area (Å²) >= 11 is 0. The Labute approximate surface area is 159 Å². The molecular formula is C18H25N3O5S. The number of hydrogen-bond acceptors (Lipinski definition) is 6. The molecule has 2 aliphatic rings. The Morgan fingerprint density at radius 2 is 1.81 bits per heavy atom. The van der Waals surface area contributed by atoms with Crippen molar-refractivity contribution in [1.29, 1.82) is 0 Å². The zero-order valence-electron chi connectivity index (χ0n) is 15.2. The largest absolute Gasteiger partial charge is 0.474 e. The summed E-state index contributed by atoms with van der Waals surface area (Å²) in [6.45, 7) is -0.0782. The molecule has 1 saturated heterocycles. The van der Waals surface area contributed by atoms with Gasteiger partial charge in [-0.05, 0) is 38.2 Å². The zero-order chi connectivity index (χ0) is 19.3. The molecule has 1 aliphatic heterocycles.